The van der Waals surface area contributed by atoms with Crippen LogP contribution in [0.15, 0.2) is 64.2 Å². The number of hydrogen-bond acceptors (Lipinski definition) is 7. The molecule has 3 aromatic rings. The maximum atomic E-state index is 5.86. The smallest absolute Gasteiger partial charge is 0.282 e. The number of aromatic nitrogens is 2. The van der Waals surface area contributed by atoms with Crippen LogP contribution in [0.2, 0.25) is 0 Å². The van der Waals surface area contributed by atoms with E-state index in [9.17, 15) is 0 Å². The molecule has 122 valence electrons. The monoisotopic (exact) mass is 341 g/mol. The molecule has 1 aromatic heterocycles. The number of benzene rings is 2. The Morgan fingerprint density at radius 1 is 0.917 bits per heavy atom. The summed E-state index contributed by atoms with van der Waals surface area (Å²) in [4.78, 5) is 0. The first-order chi connectivity index (χ1) is 11.8. The van der Waals surface area contributed by atoms with Gasteiger partial charge >= 0.3 is 0 Å². The van der Waals surface area contributed by atoms with Crippen LogP contribution in [0.4, 0.5) is 5.69 Å². The van der Waals surface area contributed by atoms with Crippen molar-refractivity contribution in [3.63, 3.8) is 0 Å². The Hall–Kier alpha value is -2.35. The van der Waals surface area contributed by atoms with E-state index in [0.717, 1.165) is 11.1 Å². The Morgan fingerprint density at radius 2 is 1.62 bits per heavy atom. The molecular formula is C17H15N3O3S. The quantitative estimate of drug-likeness (QED) is 0.729. The molecule has 4 rings (SSSR count). The highest BCUT2D eigenvalue weighted by atomic mass is 32.2. The lowest BCUT2D eigenvalue weighted by atomic mass is 10.2. The summed E-state index contributed by atoms with van der Waals surface area (Å²) in [6, 6.07) is 17.0. The van der Waals surface area contributed by atoms with Gasteiger partial charge in [-0.25, -0.2) is 0 Å². The summed E-state index contributed by atoms with van der Waals surface area (Å²) >= 11 is 1.26. The first-order valence-electron chi connectivity index (χ1n) is 7.47. The number of nitrogens with zero attached hydrogens (tertiary/aromatic N) is 2. The third kappa shape index (κ3) is 2.89. The predicted molar refractivity (Wildman–Crippen MR) is 90.0 cm³/mol. The van der Waals surface area contributed by atoms with Crippen molar-refractivity contribution in [3.8, 4) is 11.5 Å². The average Bonchev–Trinajstić information content (AvgIpc) is 3.27. The Bertz CT molecular complexity index is 815. The summed E-state index contributed by atoms with van der Waals surface area (Å²) < 4.78 is 17.5. The Labute approximate surface area is 143 Å². The molecule has 0 saturated carbocycles. The molecule has 1 aliphatic rings. The van der Waals surface area contributed by atoms with Crippen LogP contribution in [0.25, 0.3) is 11.5 Å². The van der Waals surface area contributed by atoms with Crippen molar-refractivity contribution in [1.29, 1.82) is 0 Å². The van der Waals surface area contributed by atoms with Crippen molar-refractivity contribution in [2.45, 2.75) is 10.3 Å². The second-order valence-corrected chi connectivity index (χ2v) is 6.31. The standard InChI is InChI=1S/C17H15N3O3S/c18-14-8-6-12(7-9-14)15-19-20-16(23-15)24-17(21-10-11-22-17)13-4-2-1-3-5-13/h1-9H,10-11,18H2. The zero-order chi connectivity index (χ0) is 16.4. The van der Waals surface area contributed by atoms with E-state index in [1.54, 1.807) is 12.1 Å². The van der Waals surface area contributed by atoms with Crippen molar-refractivity contribution >= 4 is 17.4 Å². The first-order valence-corrected chi connectivity index (χ1v) is 8.29. The number of rotatable bonds is 4. The van der Waals surface area contributed by atoms with E-state index in [0.29, 0.717) is 30.0 Å². The van der Waals surface area contributed by atoms with Gasteiger partial charge in [-0.2, -0.15) is 0 Å². The Balaban J connectivity index is 1.61. The molecule has 0 spiro atoms. The van der Waals surface area contributed by atoms with Gasteiger partial charge in [-0.15, -0.1) is 10.2 Å². The maximum Gasteiger partial charge on any atom is 0.282 e. The van der Waals surface area contributed by atoms with Crippen LogP contribution in [-0.4, -0.2) is 23.4 Å². The van der Waals surface area contributed by atoms with Crippen LogP contribution in [0.3, 0.4) is 0 Å². The minimum absolute atomic E-state index is 0.382. The summed E-state index contributed by atoms with van der Waals surface area (Å²) in [5.74, 6) is 0.429. The summed E-state index contributed by atoms with van der Waals surface area (Å²) in [6.45, 7) is 1.03. The Kier molecular flexibility index (Phi) is 3.97. The fraction of sp³-hybridized carbons (Fsp3) is 0.176. The van der Waals surface area contributed by atoms with E-state index in [-0.39, 0.29) is 0 Å². The maximum absolute atomic E-state index is 5.86. The van der Waals surface area contributed by atoms with Gasteiger partial charge in [0.15, 0.2) is 0 Å². The van der Waals surface area contributed by atoms with Gasteiger partial charge in [-0.1, -0.05) is 30.3 Å². The molecule has 2 heterocycles. The fourth-order valence-corrected chi connectivity index (χ4v) is 3.40. The molecule has 2 aromatic carbocycles. The lowest BCUT2D eigenvalue weighted by Crippen LogP contribution is -2.22. The van der Waals surface area contributed by atoms with Crippen molar-refractivity contribution in [2.24, 2.45) is 0 Å². The van der Waals surface area contributed by atoms with E-state index in [1.165, 1.54) is 11.8 Å². The normalized spacial score (nSPS) is 16.3. The van der Waals surface area contributed by atoms with Crippen molar-refractivity contribution in [3.05, 3.63) is 60.2 Å². The molecule has 0 unspecified atom stereocenters. The van der Waals surface area contributed by atoms with Crippen LogP contribution in [0, 0.1) is 0 Å². The average molecular weight is 341 g/mol. The molecule has 1 aliphatic heterocycles. The molecule has 2 N–H and O–H groups in total. The van der Waals surface area contributed by atoms with E-state index in [4.69, 9.17) is 19.6 Å². The number of hydrogen-bond donors (Lipinski definition) is 1. The van der Waals surface area contributed by atoms with Crippen molar-refractivity contribution < 1.29 is 13.9 Å². The van der Waals surface area contributed by atoms with Gasteiger partial charge < -0.3 is 19.6 Å². The molecule has 1 saturated heterocycles. The van der Waals surface area contributed by atoms with Gasteiger partial charge in [0.2, 0.25) is 5.89 Å². The predicted octanol–water partition coefficient (Wildman–Crippen LogP) is 3.27. The highest BCUT2D eigenvalue weighted by Gasteiger charge is 2.42. The van der Waals surface area contributed by atoms with Crippen LogP contribution < -0.4 is 5.73 Å². The zero-order valence-electron chi connectivity index (χ0n) is 12.7. The summed E-state index contributed by atoms with van der Waals surface area (Å²) in [6.07, 6.45) is 0. The molecule has 24 heavy (non-hydrogen) atoms. The third-order valence-electron chi connectivity index (χ3n) is 3.58. The second kappa shape index (κ2) is 6.27. The van der Waals surface area contributed by atoms with Gasteiger partial charge in [0, 0.05) is 28.6 Å². The van der Waals surface area contributed by atoms with Crippen molar-refractivity contribution in [2.75, 3.05) is 18.9 Å². The molecule has 0 aliphatic carbocycles. The molecule has 0 atom stereocenters. The Morgan fingerprint density at radius 3 is 2.33 bits per heavy atom. The lowest BCUT2D eigenvalue weighted by Gasteiger charge is -2.24. The number of nitrogens with two attached hydrogens (primary N) is 1. The van der Waals surface area contributed by atoms with E-state index in [2.05, 4.69) is 10.2 Å². The van der Waals surface area contributed by atoms with E-state index < -0.39 is 5.12 Å². The number of anilines is 1. The van der Waals surface area contributed by atoms with E-state index >= 15 is 0 Å². The third-order valence-corrected chi connectivity index (χ3v) is 4.66. The molecule has 0 radical (unpaired) electrons. The SMILES string of the molecule is Nc1ccc(-c2nnc(SC3(c4ccccc4)OCCO3)o2)cc1. The van der Waals surface area contributed by atoms with Crippen LogP contribution in [-0.2, 0) is 14.6 Å². The first kappa shape index (κ1) is 15.2. The van der Waals surface area contributed by atoms with Crippen LogP contribution in [0.1, 0.15) is 5.56 Å². The molecule has 0 amide bonds. The molecule has 0 bridgehead atoms. The van der Waals surface area contributed by atoms with Gasteiger partial charge in [0.05, 0.1) is 13.2 Å². The second-order valence-electron chi connectivity index (χ2n) is 5.22. The van der Waals surface area contributed by atoms with Gasteiger partial charge in [-0.3, -0.25) is 0 Å². The number of thioether (sulfide) groups is 1. The number of nitrogen functional groups attached to an aromatic ring is 1. The van der Waals surface area contributed by atoms with Crippen molar-refractivity contribution in [1.82, 2.24) is 10.2 Å². The van der Waals surface area contributed by atoms with Gasteiger partial charge in [0.1, 0.15) is 0 Å². The topological polar surface area (TPSA) is 83.4 Å². The minimum Gasteiger partial charge on any atom is -0.411 e. The fourth-order valence-electron chi connectivity index (χ4n) is 2.43. The van der Waals surface area contributed by atoms with Gasteiger partial charge in [0.25, 0.3) is 10.3 Å². The van der Waals surface area contributed by atoms with E-state index in [1.807, 2.05) is 42.5 Å². The highest BCUT2D eigenvalue weighted by molar-refractivity contribution is 7.99. The summed E-state index contributed by atoms with van der Waals surface area (Å²) in [5, 5.41) is 7.63. The van der Waals surface area contributed by atoms with Crippen LogP contribution >= 0.6 is 11.8 Å². The summed E-state index contributed by atoms with van der Waals surface area (Å²) in [5.41, 5.74) is 8.09. The molecular weight excluding hydrogens is 326 g/mol. The zero-order valence-corrected chi connectivity index (χ0v) is 13.5. The lowest BCUT2D eigenvalue weighted by molar-refractivity contribution is -0.0822. The molecule has 6 nitrogen and oxygen atoms in total. The minimum atomic E-state index is -0.952. The van der Waals surface area contributed by atoms with Gasteiger partial charge in [-0.05, 0) is 24.3 Å². The highest BCUT2D eigenvalue weighted by Crippen LogP contribution is 2.45. The molecule has 7 heteroatoms. The summed E-state index contributed by atoms with van der Waals surface area (Å²) in [7, 11) is 0. The van der Waals surface area contributed by atoms with Crippen LogP contribution in [0.5, 0.6) is 0 Å². The molecule has 1 fully saturated rings. The largest absolute Gasteiger partial charge is 0.411 e. The number of ether oxygens (including phenoxy) is 2.